The normalized spacial score (nSPS) is 11.5. The zero-order valence-electron chi connectivity index (χ0n) is 15.7. The van der Waals surface area contributed by atoms with Crippen molar-refractivity contribution in [3.8, 4) is 0 Å². The van der Waals surface area contributed by atoms with Crippen LogP contribution < -0.4 is 11.5 Å². The Balaban J connectivity index is 0. The van der Waals surface area contributed by atoms with Crippen LogP contribution in [0, 0.1) is 0 Å². The summed E-state index contributed by atoms with van der Waals surface area (Å²) in [6.45, 7) is 3.57. The molecule has 0 aliphatic rings. The Morgan fingerprint density at radius 1 is 1.00 bits per heavy atom. The van der Waals surface area contributed by atoms with Crippen molar-refractivity contribution >= 4 is 48.3 Å². The summed E-state index contributed by atoms with van der Waals surface area (Å²) in [4.78, 5) is 10.3. The topological polar surface area (TPSA) is 80.0 Å². The van der Waals surface area contributed by atoms with E-state index in [1.807, 2.05) is 36.2 Å². The molecule has 0 unspecified atom stereocenters. The number of unbranched alkanes of at least 4 members (excludes halogenated alkanes) is 5. The molecule has 0 fully saturated rings. The number of hydrogen-bond acceptors (Lipinski definition) is 1. The summed E-state index contributed by atoms with van der Waals surface area (Å²) < 4.78 is 0. The predicted octanol–water partition coefficient (Wildman–Crippen LogP) is 4.61. The third-order valence-corrected chi connectivity index (χ3v) is 4.06. The highest BCUT2D eigenvalue weighted by Gasteiger charge is 2.02. The molecule has 0 saturated heterocycles. The number of benzene rings is 1. The fourth-order valence-corrected chi connectivity index (χ4v) is 2.37. The molecule has 0 aromatic heterocycles. The number of rotatable bonds is 9. The molecule has 0 aliphatic heterocycles. The van der Waals surface area contributed by atoms with E-state index in [9.17, 15) is 0 Å². The molecule has 1 aromatic carbocycles. The minimum Gasteiger partial charge on any atom is -0.369 e. The molecule has 5 nitrogen and oxygen atoms in total. The maximum Gasteiger partial charge on any atom is 0.218 e. The molecule has 26 heavy (non-hydrogen) atoms. The van der Waals surface area contributed by atoms with Crippen LogP contribution in [0.5, 0.6) is 0 Å². The average Bonchev–Trinajstić information content (AvgIpc) is 2.57. The summed E-state index contributed by atoms with van der Waals surface area (Å²) in [6.07, 6.45) is 7.52. The lowest BCUT2D eigenvalue weighted by Crippen LogP contribution is -2.36. The van der Waals surface area contributed by atoms with Gasteiger partial charge < -0.3 is 16.4 Å². The maximum atomic E-state index is 5.97. The highest BCUT2D eigenvalue weighted by molar-refractivity contribution is 6.30. The molecular weight excluding hydrogens is 393 g/mol. The van der Waals surface area contributed by atoms with Crippen LogP contribution >= 0.6 is 36.4 Å². The zero-order valence-corrected chi connectivity index (χ0v) is 18.0. The van der Waals surface area contributed by atoms with Crippen molar-refractivity contribution in [3.63, 3.8) is 0 Å². The summed E-state index contributed by atoms with van der Waals surface area (Å²) >= 11 is 5.85. The molecule has 0 amide bonds. The first-order valence-corrected chi connectivity index (χ1v) is 9.00. The number of hydrogen-bond donors (Lipinski definition) is 2. The van der Waals surface area contributed by atoms with E-state index < -0.39 is 0 Å². The summed E-state index contributed by atoms with van der Waals surface area (Å²) in [5.41, 5.74) is 12.8. The van der Waals surface area contributed by atoms with Crippen molar-refractivity contribution in [1.29, 1.82) is 0 Å². The summed E-state index contributed by atoms with van der Waals surface area (Å²) in [5, 5.41) is 0.703. The molecule has 0 heterocycles. The second kappa shape index (κ2) is 16.0. The van der Waals surface area contributed by atoms with E-state index in [4.69, 9.17) is 23.1 Å². The SMILES string of the molecule is CCCCCCCCN(C)C(N)=NC(N)=NCc1ccc(Cl)cc1.Cl.Cl. The Bertz CT molecular complexity index is 532. The Morgan fingerprint density at radius 3 is 2.19 bits per heavy atom. The average molecular weight is 425 g/mol. The minimum absolute atomic E-state index is 0. The Kier molecular flexibility index (Phi) is 16.7. The lowest BCUT2D eigenvalue weighted by molar-refractivity contribution is 0.462. The van der Waals surface area contributed by atoms with Gasteiger partial charge in [0.05, 0.1) is 6.54 Å². The summed E-state index contributed by atoms with van der Waals surface area (Å²) in [5.74, 6) is 0.596. The van der Waals surface area contributed by atoms with Gasteiger partial charge in [0.25, 0.3) is 0 Å². The number of halogens is 3. The molecule has 8 heteroatoms. The van der Waals surface area contributed by atoms with E-state index in [1.54, 1.807) is 0 Å². The van der Waals surface area contributed by atoms with Gasteiger partial charge in [-0.05, 0) is 24.1 Å². The minimum atomic E-state index is 0. The quantitative estimate of drug-likeness (QED) is 0.345. The van der Waals surface area contributed by atoms with Gasteiger partial charge in [-0.3, -0.25) is 0 Å². The van der Waals surface area contributed by atoms with Crippen LogP contribution in [0.3, 0.4) is 0 Å². The van der Waals surface area contributed by atoms with E-state index in [2.05, 4.69) is 16.9 Å². The molecule has 0 radical (unpaired) electrons. The van der Waals surface area contributed by atoms with Crippen LogP contribution in [0.25, 0.3) is 0 Å². The first-order chi connectivity index (χ1) is 11.5. The van der Waals surface area contributed by atoms with Gasteiger partial charge in [-0.2, -0.15) is 4.99 Å². The van der Waals surface area contributed by atoms with Gasteiger partial charge in [0.2, 0.25) is 5.96 Å². The van der Waals surface area contributed by atoms with Crippen molar-refractivity contribution in [2.45, 2.75) is 52.0 Å². The molecule has 0 atom stereocenters. The van der Waals surface area contributed by atoms with Crippen LogP contribution in [0.4, 0.5) is 0 Å². The number of aliphatic imine (C=N–C) groups is 2. The third-order valence-electron chi connectivity index (χ3n) is 3.80. The molecule has 1 rings (SSSR count). The molecule has 0 bridgehead atoms. The van der Waals surface area contributed by atoms with E-state index >= 15 is 0 Å². The standard InChI is InChI=1S/C18H30ClN5.2ClH/c1-3-4-5-6-7-8-13-24(2)18(21)23-17(20)22-14-15-9-11-16(19)12-10-15;;/h9-12H,3-8,13-14H2,1-2H3,(H4,20,21,22,23);2*1H. The fraction of sp³-hybridized carbons (Fsp3) is 0.556. The molecule has 0 spiro atoms. The highest BCUT2D eigenvalue weighted by atomic mass is 35.5. The predicted molar refractivity (Wildman–Crippen MR) is 119 cm³/mol. The summed E-state index contributed by atoms with van der Waals surface area (Å²) in [6, 6.07) is 7.48. The zero-order chi connectivity index (χ0) is 17.8. The molecular formula is C18H32Cl3N5. The third kappa shape index (κ3) is 12.2. The number of guanidine groups is 2. The summed E-state index contributed by atoms with van der Waals surface area (Å²) in [7, 11) is 1.93. The fourth-order valence-electron chi connectivity index (χ4n) is 2.24. The first kappa shape index (κ1) is 27.1. The van der Waals surface area contributed by atoms with Crippen molar-refractivity contribution in [2.75, 3.05) is 13.6 Å². The monoisotopic (exact) mass is 423 g/mol. The van der Waals surface area contributed by atoms with Crippen LogP contribution in [0.2, 0.25) is 5.02 Å². The molecule has 1 aromatic rings. The van der Waals surface area contributed by atoms with Gasteiger partial charge in [-0.15, -0.1) is 24.8 Å². The van der Waals surface area contributed by atoms with Crippen LogP contribution in [0.15, 0.2) is 34.3 Å². The van der Waals surface area contributed by atoms with Gasteiger partial charge in [0, 0.05) is 18.6 Å². The van der Waals surface area contributed by atoms with E-state index in [0.29, 0.717) is 17.5 Å². The van der Waals surface area contributed by atoms with Crippen LogP contribution in [-0.4, -0.2) is 30.4 Å². The second-order valence-electron chi connectivity index (χ2n) is 5.96. The Morgan fingerprint density at radius 2 is 1.58 bits per heavy atom. The smallest absolute Gasteiger partial charge is 0.218 e. The second-order valence-corrected chi connectivity index (χ2v) is 6.40. The molecule has 150 valence electrons. The van der Waals surface area contributed by atoms with Gasteiger partial charge in [0.1, 0.15) is 0 Å². The van der Waals surface area contributed by atoms with E-state index in [0.717, 1.165) is 18.5 Å². The Labute approximate surface area is 175 Å². The van der Waals surface area contributed by atoms with Gasteiger partial charge in [-0.1, -0.05) is 62.8 Å². The number of nitrogens with zero attached hydrogens (tertiary/aromatic N) is 3. The van der Waals surface area contributed by atoms with E-state index in [-0.39, 0.29) is 30.8 Å². The largest absolute Gasteiger partial charge is 0.369 e. The highest BCUT2D eigenvalue weighted by Crippen LogP contribution is 2.10. The lowest BCUT2D eigenvalue weighted by Gasteiger charge is -2.17. The van der Waals surface area contributed by atoms with Gasteiger partial charge >= 0.3 is 0 Å². The van der Waals surface area contributed by atoms with Gasteiger partial charge in [0.15, 0.2) is 5.96 Å². The molecule has 0 saturated carbocycles. The Hall–Kier alpha value is -1.17. The first-order valence-electron chi connectivity index (χ1n) is 8.62. The lowest BCUT2D eigenvalue weighted by atomic mass is 10.1. The van der Waals surface area contributed by atoms with Gasteiger partial charge in [-0.25, -0.2) is 4.99 Å². The van der Waals surface area contributed by atoms with Crippen LogP contribution in [-0.2, 0) is 6.54 Å². The number of nitrogens with two attached hydrogens (primary N) is 2. The van der Waals surface area contributed by atoms with Crippen molar-refractivity contribution in [2.24, 2.45) is 21.5 Å². The van der Waals surface area contributed by atoms with Crippen molar-refractivity contribution in [3.05, 3.63) is 34.9 Å². The molecule has 0 aliphatic carbocycles. The maximum absolute atomic E-state index is 5.97. The van der Waals surface area contributed by atoms with E-state index in [1.165, 1.54) is 32.1 Å². The van der Waals surface area contributed by atoms with Crippen molar-refractivity contribution < 1.29 is 0 Å². The molecule has 4 N–H and O–H groups in total. The van der Waals surface area contributed by atoms with Crippen molar-refractivity contribution in [1.82, 2.24) is 4.90 Å². The van der Waals surface area contributed by atoms with Crippen LogP contribution in [0.1, 0.15) is 51.0 Å².